The highest BCUT2D eigenvalue weighted by Crippen LogP contribution is 2.28. The first kappa shape index (κ1) is 18.3. The average Bonchev–Trinajstić information content (AvgIpc) is 2.95. The van der Waals surface area contributed by atoms with Crippen LogP contribution in [-0.4, -0.2) is 57.8 Å². The highest BCUT2D eigenvalue weighted by Gasteiger charge is 2.32. The van der Waals surface area contributed by atoms with Gasteiger partial charge in [-0.15, -0.1) is 12.4 Å². The smallest absolute Gasteiger partial charge is 0.146 e. The molecule has 0 saturated carbocycles. The van der Waals surface area contributed by atoms with Crippen LogP contribution in [0.5, 0.6) is 5.75 Å². The number of nitrogens with zero attached hydrogens (tertiary/aromatic N) is 2. The molecule has 0 amide bonds. The fraction of sp³-hybridized carbons (Fsp3) is 0.647. The second-order valence-corrected chi connectivity index (χ2v) is 6.82. The molecule has 1 N–H and O–H groups in total. The van der Waals surface area contributed by atoms with E-state index in [1.165, 1.54) is 12.5 Å². The number of halogens is 2. The molecule has 1 unspecified atom stereocenters. The molecule has 2 saturated heterocycles. The van der Waals surface area contributed by atoms with Gasteiger partial charge in [-0.05, 0) is 30.5 Å². The van der Waals surface area contributed by atoms with Gasteiger partial charge in [0.05, 0.1) is 12.8 Å². The molecule has 0 aliphatic carbocycles. The lowest BCUT2D eigenvalue weighted by molar-refractivity contribution is 0.169. The van der Waals surface area contributed by atoms with Crippen LogP contribution in [0.4, 0.5) is 10.1 Å². The molecule has 6 heteroatoms. The van der Waals surface area contributed by atoms with Gasteiger partial charge in [0.2, 0.25) is 0 Å². The van der Waals surface area contributed by atoms with Crippen molar-refractivity contribution in [2.45, 2.75) is 13.3 Å². The van der Waals surface area contributed by atoms with E-state index in [1.54, 1.807) is 19.2 Å². The van der Waals surface area contributed by atoms with Gasteiger partial charge in [0.15, 0.2) is 0 Å². The third-order valence-corrected chi connectivity index (χ3v) is 4.93. The van der Waals surface area contributed by atoms with E-state index in [-0.39, 0.29) is 18.2 Å². The van der Waals surface area contributed by atoms with Crippen molar-refractivity contribution in [3.63, 3.8) is 0 Å². The highest BCUT2D eigenvalue weighted by molar-refractivity contribution is 5.85. The zero-order valence-corrected chi connectivity index (χ0v) is 14.8. The van der Waals surface area contributed by atoms with Crippen LogP contribution in [0, 0.1) is 11.2 Å². The highest BCUT2D eigenvalue weighted by atomic mass is 35.5. The minimum absolute atomic E-state index is 0. The Labute approximate surface area is 144 Å². The Balaban J connectivity index is 0.00000192. The Morgan fingerprint density at radius 3 is 2.61 bits per heavy atom. The molecule has 0 bridgehead atoms. The van der Waals surface area contributed by atoms with Gasteiger partial charge in [0.25, 0.3) is 0 Å². The fourth-order valence-electron chi connectivity index (χ4n) is 3.55. The number of piperazine rings is 1. The Hall–Kier alpha value is -1.04. The lowest BCUT2D eigenvalue weighted by Crippen LogP contribution is -2.50. The zero-order chi connectivity index (χ0) is 15.6. The molecule has 4 nitrogen and oxygen atoms in total. The standard InChI is InChI=1S/C17H26FN3O.ClH/c1-17(5-6-19-12-17)13-20-7-9-21(10-8-20)16-11-14(22-2)3-4-15(16)18;/h3-4,11,19H,5-10,12-13H2,1-2H3;1H. The third-order valence-electron chi connectivity index (χ3n) is 4.93. The summed E-state index contributed by atoms with van der Waals surface area (Å²) in [5.41, 5.74) is 1.05. The van der Waals surface area contributed by atoms with Crippen LogP contribution in [0.25, 0.3) is 0 Å². The van der Waals surface area contributed by atoms with Gasteiger partial charge < -0.3 is 15.0 Å². The molecule has 2 aliphatic rings. The summed E-state index contributed by atoms with van der Waals surface area (Å²) < 4.78 is 19.3. The van der Waals surface area contributed by atoms with E-state index in [4.69, 9.17) is 4.74 Å². The monoisotopic (exact) mass is 343 g/mol. The maximum absolute atomic E-state index is 14.1. The van der Waals surface area contributed by atoms with E-state index < -0.39 is 0 Å². The van der Waals surface area contributed by atoms with E-state index in [0.29, 0.717) is 16.9 Å². The van der Waals surface area contributed by atoms with E-state index in [1.807, 2.05) is 0 Å². The lowest BCUT2D eigenvalue weighted by atomic mass is 9.89. The molecule has 2 heterocycles. The van der Waals surface area contributed by atoms with Crippen molar-refractivity contribution < 1.29 is 9.13 Å². The number of hydrogen-bond donors (Lipinski definition) is 1. The van der Waals surface area contributed by atoms with Crippen molar-refractivity contribution in [2.75, 3.05) is 57.8 Å². The lowest BCUT2D eigenvalue weighted by Gasteiger charge is -2.39. The molecule has 1 aromatic carbocycles. The first-order valence-corrected chi connectivity index (χ1v) is 8.11. The molecule has 1 aromatic rings. The molecule has 0 aromatic heterocycles. The van der Waals surface area contributed by atoms with Crippen molar-refractivity contribution in [3.05, 3.63) is 24.0 Å². The van der Waals surface area contributed by atoms with E-state index >= 15 is 0 Å². The summed E-state index contributed by atoms with van der Waals surface area (Å²) in [7, 11) is 1.62. The number of ether oxygens (including phenoxy) is 1. The maximum Gasteiger partial charge on any atom is 0.146 e. The predicted octanol–water partition coefficient (Wildman–Crippen LogP) is 2.38. The first-order chi connectivity index (χ1) is 10.6. The Morgan fingerprint density at radius 1 is 1.26 bits per heavy atom. The molecule has 0 radical (unpaired) electrons. The van der Waals surface area contributed by atoms with E-state index in [0.717, 1.165) is 45.8 Å². The minimum atomic E-state index is -0.166. The SMILES string of the molecule is COc1ccc(F)c(N2CCN(CC3(C)CCNC3)CC2)c1.Cl. The van der Waals surface area contributed by atoms with Crippen LogP contribution in [0.1, 0.15) is 13.3 Å². The summed E-state index contributed by atoms with van der Waals surface area (Å²) >= 11 is 0. The minimum Gasteiger partial charge on any atom is -0.497 e. The Kier molecular flexibility index (Phi) is 6.12. The van der Waals surface area contributed by atoms with E-state index in [9.17, 15) is 4.39 Å². The quantitative estimate of drug-likeness (QED) is 0.908. The third kappa shape index (κ3) is 4.28. The van der Waals surface area contributed by atoms with Crippen molar-refractivity contribution in [1.82, 2.24) is 10.2 Å². The predicted molar refractivity (Wildman–Crippen MR) is 94.4 cm³/mol. The van der Waals surface area contributed by atoms with Crippen LogP contribution >= 0.6 is 12.4 Å². The number of benzene rings is 1. The van der Waals surface area contributed by atoms with Crippen molar-refractivity contribution in [1.29, 1.82) is 0 Å². The molecule has 130 valence electrons. The van der Waals surface area contributed by atoms with Crippen molar-refractivity contribution in [2.24, 2.45) is 5.41 Å². The summed E-state index contributed by atoms with van der Waals surface area (Å²) in [6.45, 7) is 9.46. The fourth-order valence-corrected chi connectivity index (χ4v) is 3.55. The number of anilines is 1. The van der Waals surface area contributed by atoms with Crippen LogP contribution in [0.15, 0.2) is 18.2 Å². The van der Waals surface area contributed by atoms with Gasteiger partial charge in [-0.1, -0.05) is 6.92 Å². The van der Waals surface area contributed by atoms with Gasteiger partial charge >= 0.3 is 0 Å². The summed E-state index contributed by atoms with van der Waals surface area (Å²) in [6, 6.07) is 4.96. The maximum atomic E-state index is 14.1. The molecule has 0 spiro atoms. The van der Waals surface area contributed by atoms with Crippen molar-refractivity contribution in [3.8, 4) is 5.75 Å². The Bertz CT molecular complexity index is 515. The van der Waals surface area contributed by atoms with E-state index in [2.05, 4.69) is 22.0 Å². The van der Waals surface area contributed by atoms with Gasteiger partial charge in [-0.2, -0.15) is 0 Å². The number of nitrogens with one attached hydrogen (secondary N) is 1. The van der Waals surface area contributed by atoms with Gasteiger partial charge in [0, 0.05) is 45.3 Å². The average molecular weight is 344 g/mol. The molecule has 23 heavy (non-hydrogen) atoms. The van der Waals surface area contributed by atoms with Crippen molar-refractivity contribution >= 4 is 18.1 Å². The Morgan fingerprint density at radius 2 is 2.00 bits per heavy atom. The second-order valence-electron chi connectivity index (χ2n) is 6.82. The summed E-state index contributed by atoms with van der Waals surface area (Å²) in [5, 5.41) is 3.46. The first-order valence-electron chi connectivity index (χ1n) is 8.11. The van der Waals surface area contributed by atoms with Gasteiger partial charge in [-0.25, -0.2) is 4.39 Å². The molecule has 2 fully saturated rings. The van der Waals surface area contributed by atoms with Crippen LogP contribution < -0.4 is 15.0 Å². The second kappa shape index (κ2) is 7.69. The van der Waals surface area contributed by atoms with Crippen LogP contribution in [0.3, 0.4) is 0 Å². The van der Waals surface area contributed by atoms with Gasteiger partial charge in [0.1, 0.15) is 11.6 Å². The van der Waals surface area contributed by atoms with Crippen LogP contribution in [-0.2, 0) is 0 Å². The molecular formula is C17H27ClFN3O. The normalized spacial score (nSPS) is 25.3. The topological polar surface area (TPSA) is 27.7 Å². The zero-order valence-electron chi connectivity index (χ0n) is 14.0. The molecule has 3 rings (SSSR count). The number of rotatable bonds is 4. The summed E-state index contributed by atoms with van der Waals surface area (Å²) in [6.07, 6.45) is 1.25. The molecule has 1 atom stereocenters. The van der Waals surface area contributed by atoms with Crippen LogP contribution in [0.2, 0.25) is 0 Å². The number of methoxy groups -OCH3 is 1. The number of hydrogen-bond acceptors (Lipinski definition) is 4. The summed E-state index contributed by atoms with van der Waals surface area (Å²) in [4.78, 5) is 4.64. The largest absolute Gasteiger partial charge is 0.497 e. The molecular weight excluding hydrogens is 317 g/mol. The molecule has 2 aliphatic heterocycles. The summed E-state index contributed by atoms with van der Waals surface area (Å²) in [5.74, 6) is 0.546. The van der Waals surface area contributed by atoms with Gasteiger partial charge in [-0.3, -0.25) is 4.90 Å².